The molecule has 8 heteroatoms. The maximum absolute atomic E-state index is 14.3. The number of nitrogens with zero attached hydrogens (tertiary/aromatic N) is 1. The number of hydrogen-bond acceptors (Lipinski definition) is 5. The lowest BCUT2D eigenvalue weighted by molar-refractivity contribution is -0.119. The third-order valence-corrected chi connectivity index (χ3v) is 10.9. The molecule has 1 heterocycles. The third kappa shape index (κ3) is 6.30. The van der Waals surface area contributed by atoms with E-state index in [0.717, 1.165) is 59.4 Å². The molecule has 240 valence electrons. The highest BCUT2D eigenvalue weighted by atomic mass is 35.5. The molecule has 6 rings (SSSR count). The van der Waals surface area contributed by atoms with E-state index in [2.05, 4.69) is 32.6 Å². The van der Waals surface area contributed by atoms with Gasteiger partial charge in [0.15, 0.2) is 23.1 Å². The minimum absolute atomic E-state index is 0.117. The SMILES string of the molecule is COc1cc(C2C3=C(CC(C)(C)CC3=O)N(C3CCCCC3)C3=C2C(=O)CC(C)(C)C3)cc(Cl)c1OCc1ccc(Cl)c(Cl)c1. The molecule has 0 bridgehead atoms. The maximum atomic E-state index is 14.3. The average molecular weight is 671 g/mol. The number of methoxy groups -OCH3 is 1. The molecule has 3 aliphatic carbocycles. The van der Waals surface area contributed by atoms with Crippen molar-refractivity contribution in [1.29, 1.82) is 0 Å². The zero-order valence-corrected chi connectivity index (χ0v) is 29.1. The van der Waals surface area contributed by atoms with Crippen LogP contribution in [-0.4, -0.2) is 29.6 Å². The fraction of sp³-hybridized carbons (Fsp3) is 0.514. The van der Waals surface area contributed by atoms with E-state index in [-0.39, 0.29) is 29.0 Å². The smallest absolute Gasteiger partial charge is 0.180 e. The van der Waals surface area contributed by atoms with Crippen LogP contribution >= 0.6 is 34.8 Å². The predicted octanol–water partition coefficient (Wildman–Crippen LogP) is 10.3. The molecule has 1 fully saturated rings. The van der Waals surface area contributed by atoms with Gasteiger partial charge < -0.3 is 14.4 Å². The van der Waals surface area contributed by atoms with Crippen molar-refractivity contribution in [2.24, 2.45) is 10.8 Å². The number of hydrogen-bond donors (Lipinski definition) is 0. The zero-order chi connectivity index (χ0) is 32.3. The van der Waals surface area contributed by atoms with E-state index in [9.17, 15) is 9.59 Å². The molecule has 4 aliphatic rings. The second-order valence-electron chi connectivity index (χ2n) is 14.8. The maximum Gasteiger partial charge on any atom is 0.180 e. The van der Waals surface area contributed by atoms with Gasteiger partial charge in [0.25, 0.3) is 0 Å². The number of carbonyl (C=O) groups excluding carboxylic acids is 2. The molecule has 5 nitrogen and oxygen atoms in total. The van der Waals surface area contributed by atoms with Crippen LogP contribution in [0.4, 0.5) is 0 Å². The van der Waals surface area contributed by atoms with E-state index in [1.54, 1.807) is 19.2 Å². The van der Waals surface area contributed by atoms with Gasteiger partial charge in [0.1, 0.15) is 6.61 Å². The summed E-state index contributed by atoms with van der Waals surface area (Å²) in [5.74, 6) is 0.572. The highest BCUT2D eigenvalue weighted by Gasteiger charge is 2.50. The summed E-state index contributed by atoms with van der Waals surface area (Å²) in [6.07, 6.45) is 8.19. The summed E-state index contributed by atoms with van der Waals surface area (Å²) in [5.41, 5.74) is 5.00. The van der Waals surface area contributed by atoms with Crippen molar-refractivity contribution in [3.05, 3.63) is 79.1 Å². The molecule has 2 aromatic carbocycles. The Labute approximate surface area is 281 Å². The first kappa shape index (κ1) is 32.5. The van der Waals surface area contributed by atoms with Gasteiger partial charge in [0.05, 0.1) is 22.2 Å². The fourth-order valence-electron chi connectivity index (χ4n) is 7.94. The number of allylic oxidation sites excluding steroid dienone is 4. The van der Waals surface area contributed by atoms with Gasteiger partial charge in [-0.05, 0) is 71.9 Å². The minimum atomic E-state index is -0.502. The molecule has 0 aromatic heterocycles. The molecule has 0 saturated heterocycles. The lowest BCUT2D eigenvalue weighted by atomic mass is 9.63. The van der Waals surface area contributed by atoms with Crippen LogP contribution in [0.2, 0.25) is 15.1 Å². The molecule has 2 aromatic rings. The topological polar surface area (TPSA) is 55.8 Å². The fourth-order valence-corrected chi connectivity index (χ4v) is 8.54. The average Bonchev–Trinajstić information content (AvgIpc) is 2.96. The summed E-state index contributed by atoms with van der Waals surface area (Å²) in [7, 11) is 1.57. The second kappa shape index (κ2) is 12.3. The molecule has 0 radical (unpaired) electrons. The van der Waals surface area contributed by atoms with E-state index in [1.165, 1.54) is 19.3 Å². The molecular weight excluding hydrogens is 629 g/mol. The molecule has 0 amide bonds. The van der Waals surface area contributed by atoms with Gasteiger partial charge in [-0.2, -0.15) is 0 Å². The number of ketones is 2. The van der Waals surface area contributed by atoms with Crippen molar-refractivity contribution in [2.45, 2.75) is 104 Å². The van der Waals surface area contributed by atoms with E-state index in [1.807, 2.05) is 18.2 Å². The summed E-state index contributed by atoms with van der Waals surface area (Å²) in [6, 6.07) is 9.38. The van der Waals surface area contributed by atoms with Crippen LogP contribution in [0, 0.1) is 10.8 Å². The van der Waals surface area contributed by atoms with Crippen molar-refractivity contribution in [1.82, 2.24) is 4.90 Å². The Kier molecular flexibility index (Phi) is 8.86. The number of rotatable bonds is 6. The predicted molar refractivity (Wildman–Crippen MR) is 180 cm³/mol. The number of benzene rings is 2. The Morgan fingerprint density at radius 2 is 1.38 bits per heavy atom. The van der Waals surface area contributed by atoms with Crippen molar-refractivity contribution in [2.75, 3.05) is 7.11 Å². The van der Waals surface area contributed by atoms with Crippen LogP contribution in [-0.2, 0) is 16.2 Å². The van der Waals surface area contributed by atoms with Crippen molar-refractivity contribution in [3.8, 4) is 11.5 Å². The van der Waals surface area contributed by atoms with Gasteiger partial charge in [-0.15, -0.1) is 0 Å². The number of Topliss-reactive ketones (excluding diaryl/α,β-unsaturated/α-hetero) is 2. The first-order valence-electron chi connectivity index (χ1n) is 16.0. The van der Waals surface area contributed by atoms with E-state index in [0.29, 0.717) is 45.5 Å². The Morgan fingerprint density at radius 3 is 1.93 bits per heavy atom. The summed E-state index contributed by atoms with van der Waals surface area (Å²) < 4.78 is 12.0. The first-order chi connectivity index (χ1) is 21.3. The monoisotopic (exact) mass is 669 g/mol. The quantitative estimate of drug-likeness (QED) is 0.306. The van der Waals surface area contributed by atoms with E-state index < -0.39 is 5.92 Å². The Balaban J connectivity index is 1.49. The molecule has 45 heavy (non-hydrogen) atoms. The van der Waals surface area contributed by atoms with Gasteiger partial charge in [-0.25, -0.2) is 0 Å². The van der Waals surface area contributed by atoms with Gasteiger partial charge in [0, 0.05) is 47.3 Å². The van der Waals surface area contributed by atoms with Crippen LogP contribution in [0.3, 0.4) is 0 Å². The van der Waals surface area contributed by atoms with Gasteiger partial charge >= 0.3 is 0 Å². The van der Waals surface area contributed by atoms with Crippen LogP contribution < -0.4 is 9.47 Å². The minimum Gasteiger partial charge on any atom is -0.493 e. The molecule has 0 N–H and O–H groups in total. The summed E-state index contributed by atoms with van der Waals surface area (Å²) in [5, 5.41) is 1.27. The Morgan fingerprint density at radius 1 is 0.778 bits per heavy atom. The lowest BCUT2D eigenvalue weighted by Crippen LogP contribution is -2.48. The van der Waals surface area contributed by atoms with Gasteiger partial charge in [-0.1, -0.05) is 87.8 Å². The largest absolute Gasteiger partial charge is 0.493 e. The Hall–Kier alpha value is -2.47. The van der Waals surface area contributed by atoms with Crippen molar-refractivity contribution >= 4 is 46.4 Å². The number of carbonyl (C=O) groups is 2. The summed E-state index contributed by atoms with van der Waals surface area (Å²) in [4.78, 5) is 31.0. The van der Waals surface area contributed by atoms with Gasteiger partial charge in [0.2, 0.25) is 0 Å². The Bertz CT molecular complexity index is 1560. The van der Waals surface area contributed by atoms with Crippen LogP contribution in [0.5, 0.6) is 11.5 Å². The van der Waals surface area contributed by atoms with E-state index >= 15 is 0 Å². The number of halogens is 3. The van der Waals surface area contributed by atoms with E-state index in [4.69, 9.17) is 44.3 Å². The standard InChI is InChI=1S/C37H42Cl3NO4/c1-36(2)16-27-33(29(42)18-36)32(34-28(17-37(3,4)19-30(34)43)41(27)23-9-7-6-8-10-23)22-14-26(40)35(31(15-22)44-5)45-20-21-11-12-24(38)25(39)13-21/h11-15,23,32H,6-10,16-20H2,1-5H3. The van der Waals surface area contributed by atoms with Crippen LogP contribution in [0.15, 0.2) is 52.9 Å². The summed E-state index contributed by atoms with van der Waals surface area (Å²) in [6.45, 7) is 8.94. The molecule has 0 unspecified atom stereocenters. The second-order valence-corrected chi connectivity index (χ2v) is 16.0. The lowest BCUT2D eigenvalue weighted by Gasteiger charge is -2.52. The molecule has 1 aliphatic heterocycles. The highest BCUT2D eigenvalue weighted by Crippen LogP contribution is 2.56. The zero-order valence-electron chi connectivity index (χ0n) is 26.8. The molecule has 0 spiro atoms. The van der Waals surface area contributed by atoms with Crippen molar-refractivity contribution < 1.29 is 19.1 Å². The van der Waals surface area contributed by atoms with Crippen molar-refractivity contribution in [3.63, 3.8) is 0 Å². The molecule has 1 saturated carbocycles. The first-order valence-corrected chi connectivity index (χ1v) is 17.2. The highest BCUT2D eigenvalue weighted by molar-refractivity contribution is 6.42. The van der Waals surface area contributed by atoms with Crippen LogP contribution in [0.1, 0.15) is 103 Å². The van der Waals surface area contributed by atoms with Gasteiger partial charge in [-0.3, -0.25) is 9.59 Å². The molecular formula is C37H42Cl3NO4. The molecule has 0 atom stereocenters. The van der Waals surface area contributed by atoms with Crippen LogP contribution in [0.25, 0.3) is 0 Å². The number of ether oxygens (including phenoxy) is 2. The normalized spacial score (nSPS) is 22.0. The third-order valence-electron chi connectivity index (χ3n) is 9.84. The summed E-state index contributed by atoms with van der Waals surface area (Å²) >= 11 is 19.3.